The zero-order valence-electron chi connectivity index (χ0n) is 12.1. The highest BCUT2D eigenvalue weighted by Crippen LogP contribution is 2.21. The minimum absolute atomic E-state index is 0.0623. The fraction of sp³-hybridized carbons (Fsp3) is 0.429. The van der Waals surface area contributed by atoms with Crippen LogP contribution in [0.2, 0.25) is 10.0 Å². The Kier molecular flexibility index (Phi) is 5.89. The van der Waals surface area contributed by atoms with Crippen LogP contribution in [-0.2, 0) is 30.6 Å². The van der Waals surface area contributed by atoms with Crippen molar-refractivity contribution in [3.05, 3.63) is 33.8 Å². The highest BCUT2D eigenvalue weighted by atomic mass is 35.5. The Labute approximate surface area is 144 Å². The van der Waals surface area contributed by atoms with E-state index >= 15 is 0 Å². The van der Waals surface area contributed by atoms with E-state index in [0.717, 1.165) is 0 Å². The summed E-state index contributed by atoms with van der Waals surface area (Å²) in [5, 5.41) is 3.33. The minimum atomic E-state index is -3.07. The van der Waals surface area contributed by atoms with Crippen molar-refractivity contribution in [2.45, 2.75) is 18.9 Å². The van der Waals surface area contributed by atoms with Crippen molar-refractivity contribution >= 4 is 44.9 Å². The van der Waals surface area contributed by atoms with Crippen molar-refractivity contribution in [3.63, 3.8) is 0 Å². The highest BCUT2D eigenvalue weighted by Gasteiger charge is 2.29. The van der Waals surface area contributed by atoms with Gasteiger partial charge in [0, 0.05) is 16.1 Å². The number of hydrogen-bond donors (Lipinski definition) is 1. The molecule has 1 aromatic rings. The summed E-state index contributed by atoms with van der Waals surface area (Å²) in [5.74, 6) is -1.15. The summed E-state index contributed by atoms with van der Waals surface area (Å²) >= 11 is 11.7. The third kappa shape index (κ3) is 5.67. The van der Waals surface area contributed by atoms with Gasteiger partial charge in [-0.2, -0.15) is 0 Å². The molecule has 0 saturated carbocycles. The molecule has 6 nitrogen and oxygen atoms in total. The first-order chi connectivity index (χ1) is 10.7. The van der Waals surface area contributed by atoms with E-state index in [1.807, 2.05) is 0 Å². The summed E-state index contributed by atoms with van der Waals surface area (Å²) < 4.78 is 27.4. The third-order valence-corrected chi connectivity index (χ3v) is 5.67. The van der Waals surface area contributed by atoms with Crippen LogP contribution in [0.5, 0.6) is 0 Å². The Morgan fingerprint density at radius 2 is 2.04 bits per heavy atom. The zero-order valence-corrected chi connectivity index (χ0v) is 14.4. The van der Waals surface area contributed by atoms with Crippen molar-refractivity contribution in [1.29, 1.82) is 0 Å². The fourth-order valence-electron chi connectivity index (χ4n) is 2.20. The topological polar surface area (TPSA) is 89.5 Å². The molecule has 1 saturated heterocycles. The molecule has 1 N–H and O–H groups in total. The van der Waals surface area contributed by atoms with Gasteiger partial charge >= 0.3 is 5.97 Å². The van der Waals surface area contributed by atoms with E-state index in [9.17, 15) is 18.0 Å². The number of hydrogen-bond acceptors (Lipinski definition) is 5. The zero-order chi connectivity index (χ0) is 17.0. The summed E-state index contributed by atoms with van der Waals surface area (Å²) in [5.41, 5.74) is 0.545. The van der Waals surface area contributed by atoms with E-state index < -0.39 is 34.4 Å². The van der Waals surface area contributed by atoms with Crippen LogP contribution in [0, 0.1) is 0 Å². The maximum absolute atomic E-state index is 11.7. The summed E-state index contributed by atoms with van der Waals surface area (Å²) in [6.45, 7) is -0.458. The average Bonchev–Trinajstić information content (AvgIpc) is 2.79. The first-order valence-corrected chi connectivity index (χ1v) is 9.42. The van der Waals surface area contributed by atoms with E-state index in [-0.39, 0.29) is 17.9 Å². The van der Waals surface area contributed by atoms with Gasteiger partial charge < -0.3 is 10.1 Å². The molecule has 2 rings (SSSR count). The largest absolute Gasteiger partial charge is 0.455 e. The number of carbonyl (C=O) groups is 2. The first kappa shape index (κ1) is 18.0. The highest BCUT2D eigenvalue weighted by molar-refractivity contribution is 7.91. The van der Waals surface area contributed by atoms with Crippen molar-refractivity contribution in [1.82, 2.24) is 5.32 Å². The molecular weight excluding hydrogens is 365 g/mol. The van der Waals surface area contributed by atoms with Gasteiger partial charge in [-0.15, -0.1) is 0 Å². The molecule has 0 radical (unpaired) electrons. The molecule has 23 heavy (non-hydrogen) atoms. The molecule has 0 unspecified atom stereocenters. The molecule has 1 amide bonds. The molecule has 9 heteroatoms. The van der Waals surface area contributed by atoms with Crippen LogP contribution in [0.1, 0.15) is 12.0 Å². The van der Waals surface area contributed by atoms with Gasteiger partial charge in [-0.25, -0.2) is 8.42 Å². The normalized spacial score (nSPS) is 19.3. The Balaban J connectivity index is 1.77. The number of carbonyl (C=O) groups excluding carboxylic acids is 2. The SMILES string of the molecule is O=C(COC(=O)Cc1ccc(Cl)cc1Cl)N[C@H]1CCS(=O)(=O)C1. The van der Waals surface area contributed by atoms with Crippen LogP contribution in [0.3, 0.4) is 0 Å². The van der Waals surface area contributed by atoms with Gasteiger partial charge in [0.1, 0.15) is 0 Å². The van der Waals surface area contributed by atoms with Gasteiger partial charge in [0.25, 0.3) is 5.91 Å². The van der Waals surface area contributed by atoms with Crippen molar-refractivity contribution in [3.8, 4) is 0 Å². The number of ether oxygens (including phenoxy) is 1. The van der Waals surface area contributed by atoms with Crippen molar-refractivity contribution in [2.75, 3.05) is 18.1 Å². The van der Waals surface area contributed by atoms with Crippen molar-refractivity contribution < 1.29 is 22.7 Å². The lowest BCUT2D eigenvalue weighted by atomic mass is 10.1. The lowest BCUT2D eigenvalue weighted by molar-refractivity contribution is -0.148. The summed E-state index contributed by atoms with van der Waals surface area (Å²) in [6.07, 6.45) is 0.295. The molecule has 1 atom stereocenters. The van der Waals surface area contributed by atoms with E-state index in [2.05, 4.69) is 5.32 Å². The van der Waals surface area contributed by atoms with Crippen molar-refractivity contribution in [2.24, 2.45) is 0 Å². The molecule has 1 fully saturated rings. The van der Waals surface area contributed by atoms with Gasteiger partial charge in [0.15, 0.2) is 16.4 Å². The van der Waals surface area contributed by atoms with Gasteiger partial charge in [-0.1, -0.05) is 29.3 Å². The Morgan fingerprint density at radius 1 is 1.30 bits per heavy atom. The fourth-order valence-corrected chi connectivity index (χ4v) is 4.34. The number of esters is 1. The second kappa shape index (κ2) is 7.51. The molecule has 0 aromatic heterocycles. The Hall–Kier alpha value is -1.31. The molecule has 1 heterocycles. The molecule has 1 aliphatic heterocycles. The summed E-state index contributed by atoms with van der Waals surface area (Å²) in [7, 11) is -3.07. The van der Waals surface area contributed by atoms with Gasteiger partial charge in [0.2, 0.25) is 0 Å². The predicted octanol–water partition coefficient (Wildman–Crippen LogP) is 1.38. The van der Waals surface area contributed by atoms with E-state index in [0.29, 0.717) is 22.0 Å². The average molecular weight is 380 g/mol. The summed E-state index contributed by atoms with van der Waals surface area (Å²) in [4.78, 5) is 23.4. The lowest BCUT2D eigenvalue weighted by Gasteiger charge is -2.11. The van der Waals surface area contributed by atoms with E-state index in [4.69, 9.17) is 27.9 Å². The van der Waals surface area contributed by atoms with Crippen LogP contribution < -0.4 is 5.32 Å². The van der Waals surface area contributed by atoms with Gasteiger partial charge in [-0.3, -0.25) is 9.59 Å². The number of rotatable bonds is 5. The molecule has 0 spiro atoms. The third-order valence-electron chi connectivity index (χ3n) is 3.31. The van der Waals surface area contributed by atoms with Crippen LogP contribution >= 0.6 is 23.2 Å². The standard InChI is InChI=1S/C14H15Cl2NO5S/c15-10-2-1-9(12(16)6-10)5-14(19)22-7-13(18)17-11-3-4-23(20,21)8-11/h1-2,6,11H,3-5,7-8H2,(H,17,18)/t11-/m0/s1. The predicted molar refractivity (Wildman–Crippen MR) is 86.3 cm³/mol. The van der Waals surface area contributed by atoms with Crippen LogP contribution in [-0.4, -0.2) is 44.4 Å². The molecule has 0 bridgehead atoms. The second-order valence-corrected chi connectivity index (χ2v) is 8.31. The van der Waals surface area contributed by atoms with Crippen LogP contribution in [0.15, 0.2) is 18.2 Å². The Morgan fingerprint density at radius 3 is 2.65 bits per heavy atom. The molecule has 0 aliphatic carbocycles. The number of benzene rings is 1. The summed E-state index contributed by atoms with van der Waals surface area (Å²) in [6, 6.07) is 4.30. The maximum atomic E-state index is 11.7. The van der Waals surface area contributed by atoms with Crippen LogP contribution in [0.4, 0.5) is 0 Å². The minimum Gasteiger partial charge on any atom is -0.455 e. The molecule has 1 aliphatic rings. The number of sulfone groups is 1. The van der Waals surface area contributed by atoms with Crippen LogP contribution in [0.25, 0.3) is 0 Å². The quantitative estimate of drug-likeness (QED) is 0.780. The van der Waals surface area contributed by atoms with Gasteiger partial charge in [0.05, 0.1) is 17.9 Å². The lowest BCUT2D eigenvalue weighted by Crippen LogP contribution is -2.38. The number of amides is 1. The van der Waals surface area contributed by atoms with E-state index in [1.54, 1.807) is 12.1 Å². The number of halogens is 2. The Bertz CT molecular complexity index is 720. The monoisotopic (exact) mass is 379 g/mol. The maximum Gasteiger partial charge on any atom is 0.310 e. The molecular formula is C14H15Cl2NO5S. The molecule has 1 aromatic carbocycles. The second-order valence-electron chi connectivity index (χ2n) is 5.24. The van der Waals surface area contributed by atoms with Gasteiger partial charge in [-0.05, 0) is 24.1 Å². The number of nitrogens with one attached hydrogen (secondary N) is 1. The smallest absolute Gasteiger partial charge is 0.310 e. The van der Waals surface area contributed by atoms with E-state index in [1.165, 1.54) is 6.07 Å². The molecule has 126 valence electrons. The first-order valence-electron chi connectivity index (χ1n) is 6.84.